The first-order valence-corrected chi connectivity index (χ1v) is 13.8. The van der Waals surface area contributed by atoms with E-state index in [0.29, 0.717) is 39.7 Å². The SMILES string of the molecule is CCCCc1ccc(-n2nc3cc(Cl)c(NC(=S)NC(=O)c4ccc(OCc5ccccc5)cc4)cc3n2)cc1. The molecule has 1 aromatic heterocycles. The molecule has 0 bridgehead atoms. The van der Waals surface area contributed by atoms with Crippen LogP contribution in [0.3, 0.4) is 0 Å². The molecule has 40 heavy (non-hydrogen) atoms. The van der Waals surface area contributed by atoms with Crippen LogP contribution in [0.2, 0.25) is 5.02 Å². The second kappa shape index (κ2) is 12.7. The van der Waals surface area contributed by atoms with E-state index in [1.165, 1.54) is 5.56 Å². The molecule has 5 aromatic rings. The molecule has 0 unspecified atom stereocenters. The Morgan fingerprint density at radius 3 is 2.33 bits per heavy atom. The minimum absolute atomic E-state index is 0.116. The van der Waals surface area contributed by atoms with Crippen LogP contribution in [0.1, 0.15) is 41.3 Å². The van der Waals surface area contributed by atoms with Gasteiger partial charge < -0.3 is 10.1 Å². The van der Waals surface area contributed by atoms with Gasteiger partial charge in [-0.25, -0.2) is 0 Å². The number of carbonyl (C=O) groups excluding carboxylic acids is 1. The van der Waals surface area contributed by atoms with Crippen molar-refractivity contribution in [3.05, 3.63) is 113 Å². The second-order valence-electron chi connectivity index (χ2n) is 9.29. The summed E-state index contributed by atoms with van der Waals surface area (Å²) in [6.45, 7) is 2.63. The molecule has 0 spiro atoms. The summed E-state index contributed by atoms with van der Waals surface area (Å²) in [4.78, 5) is 14.3. The van der Waals surface area contributed by atoms with Crippen LogP contribution in [0.5, 0.6) is 5.75 Å². The third-order valence-corrected chi connectivity index (χ3v) is 6.81. The van der Waals surface area contributed by atoms with E-state index in [9.17, 15) is 4.79 Å². The lowest BCUT2D eigenvalue weighted by Gasteiger charge is -2.11. The predicted octanol–water partition coefficient (Wildman–Crippen LogP) is 7.12. The Morgan fingerprint density at radius 1 is 0.925 bits per heavy atom. The molecule has 0 fully saturated rings. The highest BCUT2D eigenvalue weighted by Crippen LogP contribution is 2.27. The summed E-state index contributed by atoms with van der Waals surface area (Å²) in [7, 11) is 0. The van der Waals surface area contributed by atoms with Crippen LogP contribution in [0, 0.1) is 0 Å². The lowest BCUT2D eigenvalue weighted by atomic mass is 10.1. The molecule has 4 aromatic carbocycles. The van der Waals surface area contributed by atoms with Crippen LogP contribution in [0.15, 0.2) is 91.0 Å². The van der Waals surface area contributed by atoms with Crippen molar-refractivity contribution < 1.29 is 9.53 Å². The molecular weight excluding hydrogens is 542 g/mol. The van der Waals surface area contributed by atoms with Gasteiger partial charge in [-0.1, -0.05) is 67.4 Å². The van der Waals surface area contributed by atoms with Crippen LogP contribution in [-0.4, -0.2) is 26.0 Å². The fourth-order valence-electron chi connectivity index (χ4n) is 4.10. The zero-order valence-electron chi connectivity index (χ0n) is 21.9. The normalized spacial score (nSPS) is 10.8. The van der Waals surface area contributed by atoms with E-state index in [2.05, 4.69) is 39.9 Å². The highest BCUT2D eigenvalue weighted by atomic mass is 35.5. The first-order chi connectivity index (χ1) is 19.5. The van der Waals surface area contributed by atoms with Crippen molar-refractivity contribution in [2.24, 2.45) is 0 Å². The molecule has 9 heteroatoms. The molecule has 0 aliphatic heterocycles. The molecule has 0 aliphatic carbocycles. The standard InChI is InChI=1S/C31H28ClN5O2S/c1-2-3-7-21-10-14-24(15-11-21)37-35-28-18-26(32)27(19-29(28)36-37)33-31(40)34-30(38)23-12-16-25(17-13-23)39-20-22-8-5-4-6-9-22/h4-6,8-19H,2-3,7,20H2,1H3,(H2,33,34,38,40). The number of anilines is 1. The lowest BCUT2D eigenvalue weighted by Crippen LogP contribution is -2.34. The maximum Gasteiger partial charge on any atom is 0.257 e. The van der Waals surface area contributed by atoms with Crippen molar-refractivity contribution in [1.82, 2.24) is 20.3 Å². The largest absolute Gasteiger partial charge is 0.489 e. The molecule has 0 saturated carbocycles. The Balaban J connectivity index is 1.20. The number of carbonyl (C=O) groups is 1. The quantitative estimate of drug-likeness (QED) is 0.184. The summed E-state index contributed by atoms with van der Waals surface area (Å²) in [5.74, 6) is 0.319. The highest BCUT2D eigenvalue weighted by molar-refractivity contribution is 7.80. The fraction of sp³-hybridized carbons (Fsp3) is 0.161. The van der Waals surface area contributed by atoms with Gasteiger partial charge in [0.15, 0.2) is 5.11 Å². The Bertz CT molecular complexity index is 1620. The number of amides is 1. The average molecular weight is 570 g/mol. The number of unbranched alkanes of at least 4 members (excludes halogenated alkanes) is 1. The van der Waals surface area contributed by atoms with Gasteiger partial charge in [-0.05, 0) is 84.7 Å². The van der Waals surface area contributed by atoms with Crippen molar-refractivity contribution in [2.75, 3.05) is 5.32 Å². The monoisotopic (exact) mass is 569 g/mol. The molecule has 0 atom stereocenters. The molecule has 0 radical (unpaired) electrons. The van der Waals surface area contributed by atoms with E-state index in [4.69, 9.17) is 28.6 Å². The zero-order chi connectivity index (χ0) is 27.9. The van der Waals surface area contributed by atoms with Gasteiger partial charge in [0.25, 0.3) is 5.91 Å². The van der Waals surface area contributed by atoms with Gasteiger partial charge >= 0.3 is 0 Å². The number of hydrogen-bond donors (Lipinski definition) is 2. The van der Waals surface area contributed by atoms with Gasteiger partial charge in [-0.2, -0.15) is 4.80 Å². The maximum atomic E-state index is 12.7. The molecular formula is C31H28ClN5O2S. The summed E-state index contributed by atoms with van der Waals surface area (Å²) in [5.41, 5.74) is 5.47. The van der Waals surface area contributed by atoms with Crippen molar-refractivity contribution in [2.45, 2.75) is 32.8 Å². The summed E-state index contributed by atoms with van der Waals surface area (Å²) >= 11 is 11.9. The van der Waals surface area contributed by atoms with Crippen molar-refractivity contribution in [3.63, 3.8) is 0 Å². The van der Waals surface area contributed by atoms with Gasteiger partial charge in [0.2, 0.25) is 0 Å². The number of aromatic nitrogens is 3. The molecule has 0 saturated heterocycles. The number of benzene rings is 4. The predicted molar refractivity (Wildman–Crippen MR) is 163 cm³/mol. The van der Waals surface area contributed by atoms with E-state index in [0.717, 1.165) is 30.5 Å². The van der Waals surface area contributed by atoms with Gasteiger partial charge in [0.1, 0.15) is 23.4 Å². The van der Waals surface area contributed by atoms with Gasteiger partial charge in [-0.3, -0.25) is 10.1 Å². The number of hydrogen-bond acceptors (Lipinski definition) is 5. The van der Waals surface area contributed by atoms with E-state index >= 15 is 0 Å². The number of fused-ring (bicyclic) bond motifs is 1. The highest BCUT2D eigenvalue weighted by Gasteiger charge is 2.13. The molecule has 1 amide bonds. The van der Waals surface area contributed by atoms with Crippen LogP contribution in [-0.2, 0) is 13.0 Å². The fourth-order valence-corrected chi connectivity index (χ4v) is 4.51. The number of aryl methyl sites for hydroxylation is 1. The maximum absolute atomic E-state index is 12.7. The Hall–Kier alpha value is -4.27. The van der Waals surface area contributed by atoms with Gasteiger partial charge in [0, 0.05) is 5.56 Å². The van der Waals surface area contributed by atoms with Crippen LogP contribution < -0.4 is 15.4 Å². The first kappa shape index (κ1) is 27.3. The number of halogens is 1. The summed E-state index contributed by atoms with van der Waals surface area (Å²) in [5, 5.41) is 15.4. The zero-order valence-corrected chi connectivity index (χ0v) is 23.5. The minimum atomic E-state index is -0.349. The van der Waals surface area contributed by atoms with E-state index in [-0.39, 0.29) is 11.0 Å². The van der Waals surface area contributed by atoms with Crippen molar-refractivity contribution >= 4 is 51.6 Å². The summed E-state index contributed by atoms with van der Waals surface area (Å²) in [6, 6.07) is 28.5. The third kappa shape index (κ3) is 6.83. The smallest absolute Gasteiger partial charge is 0.257 e. The first-order valence-electron chi connectivity index (χ1n) is 13.0. The van der Waals surface area contributed by atoms with Gasteiger partial charge in [0.05, 0.1) is 16.4 Å². The van der Waals surface area contributed by atoms with E-state index in [1.807, 2.05) is 42.5 Å². The Morgan fingerprint density at radius 2 is 1.62 bits per heavy atom. The number of ether oxygens (including phenoxy) is 1. The van der Waals surface area contributed by atoms with Crippen LogP contribution in [0.4, 0.5) is 5.69 Å². The molecule has 1 heterocycles. The number of thiocarbonyl (C=S) groups is 1. The average Bonchev–Trinajstić information content (AvgIpc) is 3.38. The topological polar surface area (TPSA) is 81.1 Å². The number of nitrogens with zero attached hydrogens (tertiary/aromatic N) is 3. The molecule has 0 aliphatic rings. The lowest BCUT2D eigenvalue weighted by molar-refractivity contribution is 0.0977. The number of rotatable bonds is 9. The molecule has 5 rings (SSSR count). The Kier molecular flexibility index (Phi) is 8.68. The van der Waals surface area contributed by atoms with E-state index < -0.39 is 0 Å². The summed E-state index contributed by atoms with van der Waals surface area (Å²) in [6.07, 6.45) is 3.38. The molecule has 7 nitrogen and oxygen atoms in total. The van der Waals surface area contributed by atoms with Crippen molar-refractivity contribution in [1.29, 1.82) is 0 Å². The van der Waals surface area contributed by atoms with Crippen LogP contribution in [0.25, 0.3) is 16.7 Å². The van der Waals surface area contributed by atoms with Gasteiger partial charge in [-0.15, -0.1) is 10.2 Å². The Labute approximate surface area is 243 Å². The summed E-state index contributed by atoms with van der Waals surface area (Å²) < 4.78 is 5.79. The minimum Gasteiger partial charge on any atom is -0.489 e. The number of nitrogens with one attached hydrogen (secondary N) is 2. The second-order valence-corrected chi connectivity index (χ2v) is 10.1. The van der Waals surface area contributed by atoms with E-state index in [1.54, 1.807) is 41.2 Å². The third-order valence-electron chi connectivity index (χ3n) is 6.30. The van der Waals surface area contributed by atoms with Crippen molar-refractivity contribution in [3.8, 4) is 11.4 Å². The molecule has 2 N–H and O–H groups in total. The van der Waals surface area contributed by atoms with Crippen LogP contribution >= 0.6 is 23.8 Å². The molecule has 202 valence electrons.